The van der Waals surface area contributed by atoms with E-state index in [1.54, 1.807) is 18.7 Å². The van der Waals surface area contributed by atoms with Crippen LogP contribution in [0, 0.1) is 0 Å². The van der Waals surface area contributed by atoms with Crippen molar-refractivity contribution in [2.45, 2.75) is 36.8 Å². The molecular formula is C12H16O2S. The lowest BCUT2D eigenvalue weighted by Crippen LogP contribution is -2.07. The molecule has 0 aliphatic rings. The second-order valence-electron chi connectivity index (χ2n) is 3.80. The van der Waals surface area contributed by atoms with Crippen LogP contribution in [0.4, 0.5) is 0 Å². The first-order valence-corrected chi connectivity index (χ1v) is 5.88. The fourth-order valence-electron chi connectivity index (χ4n) is 1.27. The molecule has 0 bridgehead atoms. The summed E-state index contributed by atoms with van der Waals surface area (Å²) in [5.41, 5.74) is 0.869. The third kappa shape index (κ3) is 3.59. The van der Waals surface area contributed by atoms with E-state index in [1.165, 1.54) is 0 Å². The lowest BCUT2D eigenvalue weighted by molar-refractivity contribution is -0.138. The second kappa shape index (κ2) is 5.21. The predicted octanol–water partition coefficient (Wildman–Crippen LogP) is 3.38. The van der Waals surface area contributed by atoms with E-state index in [2.05, 4.69) is 13.8 Å². The zero-order valence-corrected chi connectivity index (χ0v) is 10.0. The van der Waals surface area contributed by atoms with Gasteiger partial charge in [-0.2, -0.15) is 0 Å². The highest BCUT2D eigenvalue weighted by Crippen LogP contribution is 2.26. The van der Waals surface area contributed by atoms with E-state index in [9.17, 15) is 4.79 Å². The summed E-state index contributed by atoms with van der Waals surface area (Å²) in [4.78, 5) is 12.0. The first-order chi connectivity index (χ1) is 7.00. The Balaban J connectivity index is 2.87. The molecule has 82 valence electrons. The normalized spacial score (nSPS) is 12.8. The molecule has 2 nitrogen and oxygen atoms in total. The van der Waals surface area contributed by atoms with E-state index in [1.807, 2.05) is 24.3 Å². The van der Waals surface area contributed by atoms with Crippen LogP contribution in [-0.2, 0) is 4.79 Å². The van der Waals surface area contributed by atoms with Crippen molar-refractivity contribution in [2.75, 3.05) is 0 Å². The van der Waals surface area contributed by atoms with Gasteiger partial charge in [-0.3, -0.25) is 4.79 Å². The predicted molar refractivity (Wildman–Crippen MR) is 63.5 cm³/mol. The van der Waals surface area contributed by atoms with E-state index >= 15 is 0 Å². The molecule has 0 fully saturated rings. The highest BCUT2D eigenvalue weighted by atomic mass is 32.2. The average molecular weight is 224 g/mol. The largest absolute Gasteiger partial charge is 0.481 e. The molecule has 1 aromatic carbocycles. The van der Waals surface area contributed by atoms with Gasteiger partial charge in [-0.05, 0) is 24.6 Å². The number of carboxylic acid groups (broad SMARTS) is 1. The summed E-state index contributed by atoms with van der Waals surface area (Å²) in [5, 5.41) is 9.42. The van der Waals surface area contributed by atoms with Gasteiger partial charge in [-0.15, -0.1) is 11.8 Å². The number of rotatable bonds is 4. The first-order valence-electron chi connectivity index (χ1n) is 5.00. The Morgan fingerprint density at radius 2 is 2.00 bits per heavy atom. The molecule has 0 saturated carbocycles. The average Bonchev–Trinajstić information content (AvgIpc) is 2.16. The maximum Gasteiger partial charge on any atom is 0.310 e. The van der Waals surface area contributed by atoms with Gasteiger partial charge in [0, 0.05) is 10.1 Å². The van der Waals surface area contributed by atoms with Crippen LogP contribution in [0.5, 0.6) is 0 Å². The Morgan fingerprint density at radius 1 is 1.33 bits per heavy atom. The molecule has 1 rings (SSSR count). The van der Waals surface area contributed by atoms with Crippen molar-refractivity contribution in [3.05, 3.63) is 29.8 Å². The molecule has 0 spiro atoms. The maximum absolute atomic E-state index is 10.8. The van der Waals surface area contributed by atoms with Crippen molar-refractivity contribution < 1.29 is 9.90 Å². The minimum Gasteiger partial charge on any atom is -0.481 e. The third-order valence-electron chi connectivity index (χ3n) is 2.10. The summed E-state index contributed by atoms with van der Waals surface area (Å²) in [6, 6.07) is 7.76. The van der Waals surface area contributed by atoms with E-state index < -0.39 is 11.9 Å². The molecule has 0 aromatic heterocycles. The van der Waals surface area contributed by atoms with E-state index in [0.29, 0.717) is 5.25 Å². The van der Waals surface area contributed by atoms with Gasteiger partial charge < -0.3 is 5.11 Å². The fourth-order valence-corrected chi connectivity index (χ4v) is 2.18. The second-order valence-corrected chi connectivity index (χ2v) is 5.45. The summed E-state index contributed by atoms with van der Waals surface area (Å²) < 4.78 is 0. The number of hydrogen-bond donors (Lipinski definition) is 1. The molecule has 3 heteroatoms. The van der Waals surface area contributed by atoms with Gasteiger partial charge in [-0.25, -0.2) is 0 Å². The van der Waals surface area contributed by atoms with Crippen LogP contribution in [0.2, 0.25) is 0 Å². The van der Waals surface area contributed by atoms with Gasteiger partial charge in [0.2, 0.25) is 0 Å². The highest BCUT2D eigenvalue weighted by Gasteiger charge is 2.13. The topological polar surface area (TPSA) is 37.3 Å². The zero-order chi connectivity index (χ0) is 11.4. The quantitative estimate of drug-likeness (QED) is 0.797. The number of thioether (sulfide) groups is 1. The molecule has 0 saturated heterocycles. The van der Waals surface area contributed by atoms with Crippen molar-refractivity contribution in [3.63, 3.8) is 0 Å². The summed E-state index contributed by atoms with van der Waals surface area (Å²) >= 11 is 1.75. The Bertz CT molecular complexity index is 347. The number of benzene rings is 1. The minimum atomic E-state index is -0.776. The van der Waals surface area contributed by atoms with Crippen LogP contribution in [-0.4, -0.2) is 16.3 Å². The highest BCUT2D eigenvalue weighted by molar-refractivity contribution is 7.99. The summed E-state index contributed by atoms with van der Waals surface area (Å²) in [7, 11) is 0. The molecule has 0 amide bonds. The van der Waals surface area contributed by atoms with Gasteiger partial charge in [-0.1, -0.05) is 26.0 Å². The Hall–Kier alpha value is -0.960. The molecule has 1 unspecified atom stereocenters. The summed E-state index contributed by atoms with van der Waals surface area (Å²) in [6.07, 6.45) is 0. The molecule has 0 aliphatic heterocycles. The van der Waals surface area contributed by atoms with E-state index in [-0.39, 0.29) is 0 Å². The molecule has 1 atom stereocenters. The van der Waals surface area contributed by atoms with E-state index in [4.69, 9.17) is 5.11 Å². The van der Waals surface area contributed by atoms with Gasteiger partial charge >= 0.3 is 5.97 Å². The van der Waals surface area contributed by atoms with Crippen LogP contribution < -0.4 is 0 Å². The van der Waals surface area contributed by atoms with Crippen molar-refractivity contribution in [2.24, 2.45) is 0 Å². The van der Waals surface area contributed by atoms with Gasteiger partial charge in [0.25, 0.3) is 0 Å². The third-order valence-corrected chi connectivity index (χ3v) is 3.10. The van der Waals surface area contributed by atoms with Gasteiger partial charge in [0.1, 0.15) is 0 Å². The van der Waals surface area contributed by atoms with Crippen LogP contribution in [0.25, 0.3) is 0 Å². The van der Waals surface area contributed by atoms with Gasteiger partial charge in [0.05, 0.1) is 5.92 Å². The van der Waals surface area contributed by atoms with Crippen molar-refractivity contribution in [1.82, 2.24) is 0 Å². The molecule has 0 radical (unpaired) electrons. The molecule has 0 heterocycles. The molecule has 1 N–H and O–H groups in total. The first kappa shape index (κ1) is 12.1. The Labute approximate surface area is 94.7 Å². The standard InChI is InChI=1S/C12H16O2S/c1-8(2)15-11-6-4-5-10(7-11)9(3)12(13)14/h4-9H,1-3H3,(H,13,14). The van der Waals surface area contributed by atoms with Crippen molar-refractivity contribution in [1.29, 1.82) is 0 Å². The van der Waals surface area contributed by atoms with Gasteiger partial charge in [0.15, 0.2) is 0 Å². The van der Waals surface area contributed by atoms with Crippen molar-refractivity contribution >= 4 is 17.7 Å². The summed E-state index contributed by atoms with van der Waals surface area (Å²) in [6.45, 7) is 5.96. The number of hydrogen-bond acceptors (Lipinski definition) is 2. The summed E-state index contributed by atoms with van der Waals surface area (Å²) in [5.74, 6) is -1.21. The van der Waals surface area contributed by atoms with Crippen LogP contribution in [0.1, 0.15) is 32.3 Å². The number of aliphatic carboxylic acids is 1. The smallest absolute Gasteiger partial charge is 0.310 e. The van der Waals surface area contributed by atoms with Crippen LogP contribution in [0.3, 0.4) is 0 Å². The minimum absolute atomic E-state index is 0.433. The number of carbonyl (C=O) groups is 1. The van der Waals surface area contributed by atoms with E-state index in [0.717, 1.165) is 10.5 Å². The Morgan fingerprint density at radius 3 is 2.53 bits per heavy atom. The zero-order valence-electron chi connectivity index (χ0n) is 9.23. The van der Waals surface area contributed by atoms with Crippen molar-refractivity contribution in [3.8, 4) is 0 Å². The molecule has 1 aromatic rings. The fraction of sp³-hybridized carbons (Fsp3) is 0.417. The molecule has 0 aliphatic carbocycles. The number of carboxylic acids is 1. The molecular weight excluding hydrogens is 208 g/mol. The SMILES string of the molecule is CC(C)Sc1cccc(C(C)C(=O)O)c1. The van der Waals surface area contributed by atoms with Crippen LogP contribution >= 0.6 is 11.8 Å². The Kier molecular flexibility index (Phi) is 4.21. The van der Waals surface area contributed by atoms with Crippen LogP contribution in [0.15, 0.2) is 29.2 Å². The lowest BCUT2D eigenvalue weighted by Gasteiger charge is -2.09. The monoisotopic (exact) mass is 224 g/mol. The maximum atomic E-state index is 10.8. The lowest BCUT2D eigenvalue weighted by atomic mass is 10.0. The molecule has 15 heavy (non-hydrogen) atoms.